The fourth-order valence-electron chi connectivity index (χ4n) is 4.02. The van der Waals surface area contributed by atoms with E-state index in [1.54, 1.807) is 0 Å². The Hall–Kier alpha value is -2.11. The first kappa shape index (κ1) is 20.2. The third-order valence-corrected chi connectivity index (χ3v) is 13.2. The van der Waals surface area contributed by atoms with E-state index in [4.69, 9.17) is 22.8 Å². The van der Waals surface area contributed by atoms with Crippen LogP contribution in [0.4, 0.5) is 0 Å². The molecule has 29 heavy (non-hydrogen) atoms. The van der Waals surface area contributed by atoms with E-state index in [1.165, 1.54) is 0 Å². The number of benzene rings is 4. The Morgan fingerprint density at radius 1 is 0.621 bits per heavy atom. The van der Waals surface area contributed by atoms with E-state index in [0.29, 0.717) is 6.16 Å². The predicted molar refractivity (Wildman–Crippen MR) is 131 cm³/mol. The predicted octanol–water partition coefficient (Wildman–Crippen LogP) is 6.83. The van der Waals surface area contributed by atoms with Gasteiger partial charge in [-0.2, -0.15) is 0 Å². The van der Waals surface area contributed by atoms with Crippen LogP contribution in [-0.2, 0) is 6.16 Å². The van der Waals surface area contributed by atoms with Crippen LogP contribution in [0.3, 0.4) is 0 Å². The summed E-state index contributed by atoms with van der Waals surface area (Å²) in [5, 5.41) is 4.26. The molecule has 0 saturated carbocycles. The molecule has 3 heteroatoms. The number of hydrogen-bond acceptors (Lipinski definition) is 0. The Bertz CT molecular complexity index is 1010. The van der Waals surface area contributed by atoms with Gasteiger partial charge in [0, 0.05) is 0 Å². The zero-order valence-electron chi connectivity index (χ0n) is 16.3. The van der Waals surface area contributed by atoms with Crippen LogP contribution in [0.15, 0.2) is 109 Å². The fraction of sp³-hybridized carbons (Fsp3) is 0.0769. The van der Waals surface area contributed by atoms with E-state index in [9.17, 15) is 0 Å². The molecule has 0 fully saturated rings. The molecule has 0 unspecified atom stereocenters. The quantitative estimate of drug-likeness (QED) is 0.300. The molecular formula is C26H23Cl2P. The van der Waals surface area contributed by atoms with Gasteiger partial charge in [0.15, 0.2) is 0 Å². The van der Waals surface area contributed by atoms with Gasteiger partial charge in [-0.25, -0.2) is 0 Å². The monoisotopic (exact) mass is 436 g/mol. The summed E-state index contributed by atoms with van der Waals surface area (Å²) in [7, 11) is 0. The van der Waals surface area contributed by atoms with Crippen molar-refractivity contribution in [3.05, 3.63) is 125 Å². The van der Waals surface area contributed by atoms with Gasteiger partial charge in [0.05, 0.1) is 0 Å². The SMILES string of the molecule is Cc1ccc(CP(Cl)(c2ccccc2)(c2ccccc2)c2ccccc2)cc1Cl. The van der Waals surface area contributed by atoms with Crippen LogP contribution < -0.4 is 15.9 Å². The van der Waals surface area contributed by atoms with Crippen LogP contribution >= 0.6 is 28.8 Å². The van der Waals surface area contributed by atoms with Crippen LogP contribution in [0.2, 0.25) is 5.02 Å². The molecule has 4 rings (SSSR count). The first-order valence-corrected chi connectivity index (χ1v) is 13.4. The van der Waals surface area contributed by atoms with Crippen LogP contribution in [0.5, 0.6) is 0 Å². The number of hydrogen-bond donors (Lipinski definition) is 0. The van der Waals surface area contributed by atoms with Gasteiger partial charge in [0.25, 0.3) is 0 Å². The number of halogens is 2. The van der Waals surface area contributed by atoms with Crippen molar-refractivity contribution >= 4 is 44.7 Å². The van der Waals surface area contributed by atoms with Gasteiger partial charge in [-0.15, -0.1) is 0 Å². The molecule has 0 atom stereocenters. The molecule has 4 aromatic carbocycles. The average molecular weight is 437 g/mol. The second-order valence-corrected chi connectivity index (χ2v) is 14.3. The van der Waals surface area contributed by atoms with Gasteiger partial charge in [-0.1, -0.05) is 0 Å². The van der Waals surface area contributed by atoms with Crippen molar-refractivity contribution in [2.75, 3.05) is 0 Å². The molecule has 0 nitrogen and oxygen atoms in total. The summed E-state index contributed by atoms with van der Waals surface area (Å²) >= 11 is 14.6. The third kappa shape index (κ3) is 3.51. The van der Waals surface area contributed by atoms with E-state index in [2.05, 4.69) is 91.0 Å². The summed E-state index contributed by atoms with van der Waals surface area (Å²) in [6.45, 7) is 2.03. The minimum atomic E-state index is -3.31. The molecular weight excluding hydrogens is 414 g/mol. The van der Waals surface area contributed by atoms with E-state index in [0.717, 1.165) is 32.1 Å². The first-order chi connectivity index (χ1) is 14.0. The summed E-state index contributed by atoms with van der Waals surface area (Å²) < 4.78 is 0. The van der Waals surface area contributed by atoms with Crippen LogP contribution in [0.1, 0.15) is 11.1 Å². The topological polar surface area (TPSA) is 0 Å². The molecule has 146 valence electrons. The minimum absolute atomic E-state index is 0.700. The van der Waals surface area contributed by atoms with Crippen molar-refractivity contribution in [3.8, 4) is 0 Å². The summed E-state index contributed by atoms with van der Waals surface area (Å²) in [6, 6.07) is 37.9. The van der Waals surface area contributed by atoms with Gasteiger partial charge < -0.3 is 0 Å². The van der Waals surface area contributed by atoms with Crippen LogP contribution in [0.25, 0.3) is 0 Å². The third-order valence-electron chi connectivity index (χ3n) is 5.60. The van der Waals surface area contributed by atoms with E-state index in [-0.39, 0.29) is 0 Å². The molecule has 0 aliphatic rings. The molecule has 0 saturated heterocycles. The van der Waals surface area contributed by atoms with Gasteiger partial charge >= 0.3 is 183 Å². The molecule has 0 radical (unpaired) electrons. The van der Waals surface area contributed by atoms with Crippen molar-refractivity contribution in [3.63, 3.8) is 0 Å². The molecule has 0 aromatic heterocycles. The summed E-state index contributed by atoms with van der Waals surface area (Å²) in [5.41, 5.74) is 2.22. The van der Waals surface area contributed by atoms with Crippen molar-refractivity contribution in [1.29, 1.82) is 0 Å². The molecule has 0 aliphatic heterocycles. The second-order valence-electron chi connectivity index (χ2n) is 7.43. The van der Waals surface area contributed by atoms with Gasteiger partial charge in [0.2, 0.25) is 0 Å². The molecule has 0 spiro atoms. The van der Waals surface area contributed by atoms with Crippen molar-refractivity contribution in [2.24, 2.45) is 0 Å². The van der Waals surface area contributed by atoms with Crippen molar-refractivity contribution in [2.45, 2.75) is 13.1 Å². The Kier molecular flexibility index (Phi) is 5.54. The molecule has 0 heterocycles. The van der Waals surface area contributed by atoms with Gasteiger partial charge in [-0.3, -0.25) is 0 Å². The Balaban J connectivity index is 2.08. The second kappa shape index (κ2) is 7.96. The van der Waals surface area contributed by atoms with Crippen LogP contribution in [0, 0.1) is 6.92 Å². The van der Waals surface area contributed by atoms with Crippen LogP contribution in [-0.4, -0.2) is 0 Å². The summed E-state index contributed by atoms with van der Waals surface area (Å²) in [5.74, 6) is -3.31. The summed E-state index contributed by atoms with van der Waals surface area (Å²) in [4.78, 5) is 0. The standard InChI is InChI=1S/C26H23Cl2P/c1-21-17-18-22(19-26(21)27)20-29(28,23-11-5-2-6-12-23,24-13-7-3-8-14-24)25-15-9-4-10-16-25/h2-19H,20H2,1H3. The van der Waals surface area contributed by atoms with Gasteiger partial charge in [0.1, 0.15) is 0 Å². The first-order valence-electron chi connectivity index (χ1n) is 9.67. The fourth-order valence-corrected chi connectivity index (χ4v) is 10.4. The molecule has 0 amide bonds. The molecule has 0 aliphatic carbocycles. The van der Waals surface area contributed by atoms with E-state index >= 15 is 0 Å². The number of aryl methyl sites for hydroxylation is 1. The molecule has 0 bridgehead atoms. The van der Waals surface area contributed by atoms with E-state index < -0.39 is 5.96 Å². The van der Waals surface area contributed by atoms with E-state index in [1.807, 2.05) is 25.1 Å². The Morgan fingerprint density at radius 3 is 1.41 bits per heavy atom. The molecule has 4 aromatic rings. The zero-order chi connectivity index (χ0) is 20.3. The van der Waals surface area contributed by atoms with Crippen molar-refractivity contribution < 1.29 is 0 Å². The van der Waals surface area contributed by atoms with Crippen molar-refractivity contribution in [1.82, 2.24) is 0 Å². The maximum atomic E-state index is 8.09. The maximum absolute atomic E-state index is 8.09. The number of rotatable bonds is 5. The Labute approximate surface area is 182 Å². The van der Waals surface area contributed by atoms with Gasteiger partial charge in [-0.05, 0) is 0 Å². The Morgan fingerprint density at radius 2 is 1.03 bits per heavy atom. The molecule has 0 N–H and O–H groups in total. The summed E-state index contributed by atoms with van der Waals surface area (Å²) in [6.07, 6.45) is 0.700. The normalized spacial score (nSPS) is 12.9. The average Bonchev–Trinajstić information content (AvgIpc) is 2.78. The zero-order valence-corrected chi connectivity index (χ0v) is 18.7.